The first kappa shape index (κ1) is 16.7. The Morgan fingerprint density at radius 2 is 1.61 bits per heavy atom. The van der Waals surface area contributed by atoms with E-state index < -0.39 is 24.0 Å². The van der Waals surface area contributed by atoms with Crippen LogP contribution in [0, 0.1) is 5.92 Å². The molecule has 2 unspecified atom stereocenters. The van der Waals surface area contributed by atoms with E-state index in [0.29, 0.717) is 12.0 Å². The molecule has 0 spiro atoms. The Morgan fingerprint density at radius 1 is 1.00 bits per heavy atom. The van der Waals surface area contributed by atoms with Gasteiger partial charge in [-0.15, -0.1) is 0 Å². The Labute approximate surface area is 135 Å². The lowest BCUT2D eigenvalue weighted by Gasteiger charge is -2.18. The van der Waals surface area contributed by atoms with Gasteiger partial charge < -0.3 is 9.84 Å². The van der Waals surface area contributed by atoms with Gasteiger partial charge in [0.15, 0.2) is 0 Å². The van der Waals surface area contributed by atoms with Crippen LogP contribution in [0.15, 0.2) is 54.6 Å². The van der Waals surface area contributed by atoms with E-state index in [0.717, 1.165) is 11.1 Å². The summed E-state index contributed by atoms with van der Waals surface area (Å²) in [7, 11) is 0. The molecule has 1 N–H and O–H groups in total. The van der Waals surface area contributed by atoms with Gasteiger partial charge in [0.05, 0.1) is 11.5 Å². The van der Waals surface area contributed by atoms with Crippen LogP contribution in [0.3, 0.4) is 0 Å². The summed E-state index contributed by atoms with van der Waals surface area (Å²) < 4.78 is 5.32. The van der Waals surface area contributed by atoms with E-state index in [-0.39, 0.29) is 0 Å². The van der Waals surface area contributed by atoms with Crippen LogP contribution < -0.4 is 0 Å². The molecule has 2 aromatic carbocycles. The van der Waals surface area contributed by atoms with Crippen LogP contribution in [0.25, 0.3) is 0 Å². The van der Waals surface area contributed by atoms with Crippen LogP contribution in [0.1, 0.15) is 35.3 Å². The molecule has 2 rings (SSSR count). The Morgan fingerprint density at radius 3 is 2.26 bits per heavy atom. The van der Waals surface area contributed by atoms with Gasteiger partial charge in [0.1, 0.15) is 6.10 Å². The largest absolute Gasteiger partial charge is 0.481 e. The first-order valence-corrected chi connectivity index (χ1v) is 7.54. The molecule has 0 saturated carbocycles. The fourth-order valence-corrected chi connectivity index (χ4v) is 2.22. The highest BCUT2D eigenvalue weighted by atomic mass is 16.5. The lowest BCUT2D eigenvalue weighted by Crippen LogP contribution is -2.28. The molecular formula is C19H20O4. The summed E-state index contributed by atoms with van der Waals surface area (Å²) in [5.74, 6) is -2.22. The number of hydrogen-bond acceptors (Lipinski definition) is 3. The number of carboxylic acid groups (broad SMARTS) is 1. The minimum atomic E-state index is -0.983. The molecule has 2 atom stereocenters. The van der Waals surface area contributed by atoms with Crippen molar-refractivity contribution in [2.75, 3.05) is 0 Å². The van der Waals surface area contributed by atoms with E-state index in [2.05, 4.69) is 0 Å². The predicted molar refractivity (Wildman–Crippen MR) is 87.4 cm³/mol. The molecule has 0 aliphatic carbocycles. The second-order valence-electron chi connectivity index (χ2n) is 5.56. The van der Waals surface area contributed by atoms with Gasteiger partial charge in [-0.2, -0.15) is 0 Å². The van der Waals surface area contributed by atoms with Crippen molar-refractivity contribution in [1.82, 2.24) is 0 Å². The SMILES string of the molecule is CC(OC(=O)c1ccccc1Cc1ccccc1)C(C)C(=O)O. The average Bonchev–Trinajstić information content (AvgIpc) is 2.55. The van der Waals surface area contributed by atoms with Gasteiger partial charge in [0, 0.05) is 0 Å². The lowest BCUT2D eigenvalue weighted by atomic mass is 9.99. The number of esters is 1. The summed E-state index contributed by atoms with van der Waals surface area (Å²) in [5, 5.41) is 8.99. The summed E-state index contributed by atoms with van der Waals surface area (Å²) in [6.07, 6.45) is -0.0700. The number of ether oxygens (including phenoxy) is 1. The molecule has 2 aromatic rings. The summed E-state index contributed by atoms with van der Waals surface area (Å²) in [5.41, 5.74) is 2.43. The topological polar surface area (TPSA) is 63.6 Å². The first-order chi connectivity index (χ1) is 11.0. The normalized spacial score (nSPS) is 13.1. The fraction of sp³-hybridized carbons (Fsp3) is 0.263. The monoisotopic (exact) mass is 312 g/mol. The molecule has 4 nitrogen and oxygen atoms in total. The highest BCUT2D eigenvalue weighted by Crippen LogP contribution is 2.17. The Kier molecular flexibility index (Phi) is 5.52. The maximum Gasteiger partial charge on any atom is 0.338 e. The van der Waals surface area contributed by atoms with E-state index in [9.17, 15) is 9.59 Å². The third kappa shape index (κ3) is 4.42. The van der Waals surface area contributed by atoms with Crippen LogP contribution in [-0.2, 0) is 16.0 Å². The molecule has 0 saturated heterocycles. The maximum absolute atomic E-state index is 12.4. The Hall–Kier alpha value is -2.62. The van der Waals surface area contributed by atoms with E-state index in [4.69, 9.17) is 9.84 Å². The molecule has 4 heteroatoms. The third-order valence-electron chi connectivity index (χ3n) is 3.86. The van der Waals surface area contributed by atoms with Crippen molar-refractivity contribution in [3.63, 3.8) is 0 Å². The zero-order valence-electron chi connectivity index (χ0n) is 13.2. The lowest BCUT2D eigenvalue weighted by molar-refractivity contribution is -0.144. The second kappa shape index (κ2) is 7.58. The summed E-state index contributed by atoms with van der Waals surface area (Å²) in [6.45, 7) is 3.12. The van der Waals surface area contributed by atoms with Gasteiger partial charge in [-0.25, -0.2) is 4.79 Å². The average molecular weight is 312 g/mol. The third-order valence-corrected chi connectivity index (χ3v) is 3.86. The quantitative estimate of drug-likeness (QED) is 0.829. The van der Waals surface area contributed by atoms with Crippen molar-refractivity contribution >= 4 is 11.9 Å². The van der Waals surface area contributed by atoms with Gasteiger partial charge in [-0.3, -0.25) is 4.79 Å². The molecule has 0 bridgehead atoms. The molecule has 0 aromatic heterocycles. The number of rotatable bonds is 6. The molecule has 0 aliphatic heterocycles. The molecule has 0 radical (unpaired) electrons. The zero-order valence-corrected chi connectivity index (χ0v) is 13.2. The Bertz CT molecular complexity index is 679. The molecule has 0 amide bonds. The van der Waals surface area contributed by atoms with E-state index >= 15 is 0 Å². The molecule has 0 aliphatic rings. The number of hydrogen-bond donors (Lipinski definition) is 1. The summed E-state index contributed by atoms with van der Waals surface area (Å²) >= 11 is 0. The van der Waals surface area contributed by atoms with E-state index in [1.54, 1.807) is 19.1 Å². The van der Waals surface area contributed by atoms with Crippen molar-refractivity contribution in [3.05, 3.63) is 71.3 Å². The van der Waals surface area contributed by atoms with E-state index in [1.165, 1.54) is 6.92 Å². The van der Waals surface area contributed by atoms with Crippen molar-refractivity contribution in [3.8, 4) is 0 Å². The smallest absolute Gasteiger partial charge is 0.338 e. The summed E-state index contributed by atoms with van der Waals surface area (Å²) in [6, 6.07) is 17.1. The van der Waals surface area contributed by atoms with Crippen LogP contribution in [0.4, 0.5) is 0 Å². The first-order valence-electron chi connectivity index (χ1n) is 7.54. The van der Waals surface area contributed by atoms with Crippen molar-refractivity contribution in [2.45, 2.75) is 26.4 Å². The molecule has 120 valence electrons. The minimum Gasteiger partial charge on any atom is -0.481 e. The number of aliphatic carboxylic acids is 1. The number of benzene rings is 2. The van der Waals surface area contributed by atoms with Gasteiger partial charge in [0.25, 0.3) is 0 Å². The standard InChI is InChI=1S/C19H20O4/c1-13(18(20)21)14(2)23-19(22)17-11-7-6-10-16(17)12-15-8-4-3-5-9-15/h3-11,13-14H,12H2,1-2H3,(H,20,21). The van der Waals surface area contributed by atoms with Crippen LogP contribution in [0.2, 0.25) is 0 Å². The minimum absolute atomic E-state index is 0.473. The van der Waals surface area contributed by atoms with Crippen LogP contribution >= 0.6 is 0 Å². The van der Waals surface area contributed by atoms with E-state index in [1.807, 2.05) is 42.5 Å². The molecular weight excluding hydrogens is 292 g/mol. The number of carbonyl (C=O) groups excluding carboxylic acids is 1. The van der Waals surface area contributed by atoms with Crippen molar-refractivity contribution in [2.24, 2.45) is 5.92 Å². The number of carbonyl (C=O) groups is 2. The predicted octanol–water partition coefficient (Wildman–Crippen LogP) is 3.54. The highest BCUT2D eigenvalue weighted by molar-refractivity contribution is 5.91. The van der Waals surface area contributed by atoms with Crippen LogP contribution in [0.5, 0.6) is 0 Å². The molecule has 0 fully saturated rings. The van der Waals surface area contributed by atoms with Gasteiger partial charge in [-0.05, 0) is 37.5 Å². The highest BCUT2D eigenvalue weighted by Gasteiger charge is 2.24. The van der Waals surface area contributed by atoms with Crippen molar-refractivity contribution in [1.29, 1.82) is 0 Å². The Balaban J connectivity index is 2.16. The van der Waals surface area contributed by atoms with Gasteiger partial charge in [0.2, 0.25) is 0 Å². The molecule has 23 heavy (non-hydrogen) atoms. The van der Waals surface area contributed by atoms with Gasteiger partial charge in [-0.1, -0.05) is 48.5 Å². The zero-order chi connectivity index (χ0) is 16.8. The second-order valence-corrected chi connectivity index (χ2v) is 5.56. The fourth-order valence-electron chi connectivity index (χ4n) is 2.22. The summed E-state index contributed by atoms with van der Waals surface area (Å²) in [4.78, 5) is 23.4. The van der Waals surface area contributed by atoms with Crippen LogP contribution in [-0.4, -0.2) is 23.1 Å². The van der Waals surface area contributed by atoms with Crippen molar-refractivity contribution < 1.29 is 19.4 Å². The molecule has 0 heterocycles. The maximum atomic E-state index is 12.4. The number of carboxylic acids is 1. The van der Waals surface area contributed by atoms with Gasteiger partial charge >= 0.3 is 11.9 Å².